The number of rotatable bonds is 41. The van der Waals surface area contributed by atoms with Gasteiger partial charge in [0.1, 0.15) is 53.2 Å². The van der Waals surface area contributed by atoms with Gasteiger partial charge in [-0.1, -0.05) is 299 Å². The normalized spacial score (nSPS) is 10.7. The van der Waals surface area contributed by atoms with Gasteiger partial charge in [-0.25, -0.2) is 0 Å². The number of benzene rings is 3. The van der Waals surface area contributed by atoms with Gasteiger partial charge in [-0.3, -0.25) is 4.48 Å². The molecular formula is C68H126B15Br2N3+. The molecule has 0 fully saturated rings. The molecule has 1 unspecified atom stereocenters. The number of hydrogen-bond acceptors (Lipinski definition) is 2. The minimum Gasteiger partial charge on any atom is -0.372 e. The van der Waals surface area contributed by atoms with E-state index in [1.165, 1.54) is 175 Å². The van der Waals surface area contributed by atoms with Crippen LogP contribution in [0.2, 0.25) is 113 Å². The number of para-hydroxylation sites is 3. The highest BCUT2D eigenvalue weighted by molar-refractivity contribution is 9.09. The van der Waals surface area contributed by atoms with Crippen LogP contribution >= 0.6 is 32.9 Å². The fraction of sp³-hybridized carbons (Fsp3) is 0.676. The monoisotopic (exact) mass is 1310 g/mol. The van der Waals surface area contributed by atoms with Crippen LogP contribution in [-0.2, 0) is 0 Å². The third-order valence-electron chi connectivity index (χ3n) is 19.0. The molecule has 0 aliphatic rings. The van der Waals surface area contributed by atoms with E-state index in [0.717, 1.165) is 69.3 Å². The molecule has 0 heterocycles. The molecule has 0 aromatic heterocycles. The van der Waals surface area contributed by atoms with Crippen molar-refractivity contribution in [1.29, 1.82) is 0 Å². The van der Waals surface area contributed by atoms with Gasteiger partial charge in [0, 0.05) is 94.2 Å². The molecule has 0 aliphatic heterocycles. The second-order valence-corrected chi connectivity index (χ2v) is 25.4. The summed E-state index contributed by atoms with van der Waals surface area (Å²) >= 11 is 3.15. The summed E-state index contributed by atoms with van der Waals surface area (Å²) < 4.78 is 1.18. The highest BCUT2D eigenvalue weighted by Gasteiger charge is 2.36. The summed E-state index contributed by atoms with van der Waals surface area (Å²) in [4.78, 5) is 4.77. The Morgan fingerprint density at radius 1 is 0.523 bits per heavy atom. The van der Waals surface area contributed by atoms with Gasteiger partial charge < -0.3 is 9.80 Å². The molecular weight excluding hydrogens is 1180 g/mol. The third kappa shape index (κ3) is 41.2. The number of hydrogen-bond donors (Lipinski definition) is 0. The standard InChI is InChI=1S/C26H51B3N.C24H46B3N.C12H13N.C4H10B.C2H5Br.B8.BrH/c1-8-27(9-2)22-18-23-30(14-7,25-19-16-15-17-20-25)24-21-26(28(10-3)11-4)29(12-5)13-6;1-7-25(8-2)20-16-21-28(23-17-14-13-15-18-23)22-19-24(26(9-3)10-4)27(11-5)12-6;1-3-10-13(11-4-2)12-8-6-5-7-9-12;1-3-5-4-2;1-2-3;1-6(2)8(5)7(3)4;/h15-17,19-20,26H,8-14,18,21-24H2,1-7H3;13-15,17-18,24H,7-12,16,19-22H2,1-6H3;1,4-9H,2,10-11H2;3-4H2,1-2H3;2H2,1H3;;1H/q+1;;;;;;. The first-order valence-electron chi connectivity index (χ1n) is 35.7. The summed E-state index contributed by atoms with van der Waals surface area (Å²) in [6, 6.07) is 32.7. The van der Waals surface area contributed by atoms with Crippen LogP contribution < -0.4 is 14.3 Å². The molecule has 88 heavy (non-hydrogen) atoms. The topological polar surface area (TPSA) is 6.48 Å². The van der Waals surface area contributed by atoms with E-state index >= 15 is 0 Å². The first-order chi connectivity index (χ1) is 42.0. The van der Waals surface area contributed by atoms with Gasteiger partial charge in [-0.15, -0.1) is 30.0 Å². The fourth-order valence-corrected chi connectivity index (χ4v) is 13.0. The maximum atomic E-state index is 5.27. The lowest BCUT2D eigenvalue weighted by Gasteiger charge is -2.40. The van der Waals surface area contributed by atoms with Crippen molar-refractivity contribution in [2.45, 2.75) is 249 Å². The first-order valence-corrected chi connectivity index (χ1v) is 36.8. The van der Waals surface area contributed by atoms with Crippen molar-refractivity contribution < 1.29 is 0 Å². The van der Waals surface area contributed by atoms with E-state index in [1.54, 1.807) is 0 Å². The van der Waals surface area contributed by atoms with E-state index in [2.05, 4.69) is 210 Å². The quantitative estimate of drug-likeness (QED) is 0.0184. The Morgan fingerprint density at radius 2 is 0.886 bits per heavy atom. The van der Waals surface area contributed by atoms with Gasteiger partial charge in [-0.05, 0) is 69.0 Å². The second kappa shape index (κ2) is 62.9. The van der Waals surface area contributed by atoms with Crippen LogP contribution in [0, 0.1) is 12.3 Å². The summed E-state index contributed by atoms with van der Waals surface area (Å²) in [6.45, 7) is 54.1. The summed E-state index contributed by atoms with van der Waals surface area (Å²) in [7, 11) is 28.0. The molecule has 3 aromatic rings. The van der Waals surface area contributed by atoms with Crippen LogP contribution in [0.25, 0.3) is 0 Å². The molecule has 11 radical (unpaired) electrons. The molecule has 0 N–H and O–H groups in total. The molecule has 20 heteroatoms. The number of halogens is 2. The van der Waals surface area contributed by atoms with Crippen LogP contribution in [0.1, 0.15) is 136 Å². The number of nitrogens with zero attached hydrogens (tertiary/aromatic N) is 3. The van der Waals surface area contributed by atoms with E-state index < -0.39 is 19.2 Å². The number of terminal acetylenes is 1. The highest BCUT2D eigenvalue weighted by atomic mass is 79.9. The number of quaternary nitrogens is 1. The van der Waals surface area contributed by atoms with Crippen LogP contribution in [0.3, 0.4) is 0 Å². The smallest absolute Gasteiger partial charge is 0.139 e. The summed E-state index contributed by atoms with van der Waals surface area (Å²) in [5, 5.41) is 1.06. The number of alkyl halides is 1. The molecule has 0 spiro atoms. The van der Waals surface area contributed by atoms with Crippen molar-refractivity contribution in [3.8, 4) is 12.3 Å². The van der Waals surface area contributed by atoms with E-state index in [-0.39, 0.29) is 17.0 Å². The van der Waals surface area contributed by atoms with Crippen molar-refractivity contribution in [2.24, 2.45) is 0 Å². The maximum Gasteiger partial charge on any atom is 0.139 e. The van der Waals surface area contributed by atoms with Crippen LogP contribution in [-0.4, -0.2) is 157 Å². The zero-order valence-corrected chi connectivity index (χ0v) is 63.6. The van der Waals surface area contributed by atoms with E-state index in [4.69, 9.17) is 45.1 Å². The van der Waals surface area contributed by atoms with Crippen molar-refractivity contribution in [1.82, 2.24) is 4.48 Å². The maximum absolute atomic E-state index is 5.27. The Kier molecular flexibility index (Phi) is 66.4. The summed E-state index contributed by atoms with van der Waals surface area (Å²) in [5.41, 5.74) is 5.84. The lowest BCUT2D eigenvalue weighted by atomic mass is 8.68. The molecule has 3 nitrogen and oxygen atoms in total. The third-order valence-corrected chi connectivity index (χ3v) is 19.0. The minimum absolute atomic E-state index is 0. The fourth-order valence-electron chi connectivity index (χ4n) is 13.0. The van der Waals surface area contributed by atoms with E-state index in [9.17, 15) is 0 Å². The van der Waals surface area contributed by atoms with Gasteiger partial charge >= 0.3 is 0 Å². The SMILES string of the molecule is Br.C#CCN(CC=C)c1ccccc1.CCB(CC)CCCN(CCC(B(CC)CC)B(CC)CC)c1ccccc1.CCB(CC)CCC[N+](CC)(CCC(B(CC)CC)B(CC)CC)c1ccccc1.CCBr.CC[B]CC.[B]B([B])B([B])B([B])[B]. The molecule has 0 saturated carbocycles. The van der Waals surface area contributed by atoms with Crippen molar-refractivity contribution in [3.63, 3.8) is 0 Å². The summed E-state index contributed by atoms with van der Waals surface area (Å²) in [5.74, 6) is 2.63. The molecule has 0 bridgehead atoms. The van der Waals surface area contributed by atoms with Crippen molar-refractivity contribution in [2.75, 3.05) is 60.9 Å². The zero-order chi connectivity index (χ0) is 66.3. The second-order valence-electron chi connectivity index (χ2n) is 24.2. The van der Waals surface area contributed by atoms with Gasteiger partial charge in [-0.2, -0.15) is 0 Å². The zero-order valence-electron chi connectivity index (χ0n) is 60.3. The molecule has 3 rings (SSSR count). The lowest BCUT2D eigenvalue weighted by molar-refractivity contribution is 0.283. The van der Waals surface area contributed by atoms with Gasteiger partial charge in [0.15, 0.2) is 0 Å². The first kappa shape index (κ1) is 92.9. The lowest BCUT2D eigenvalue weighted by Crippen LogP contribution is -2.52. The minimum atomic E-state index is -0.630. The van der Waals surface area contributed by atoms with Crippen molar-refractivity contribution in [3.05, 3.63) is 104 Å². The predicted molar refractivity (Wildman–Crippen MR) is 443 cm³/mol. The molecule has 471 valence electrons. The average molecular weight is 1310 g/mol. The number of anilines is 2. The van der Waals surface area contributed by atoms with Crippen LogP contribution in [0.5, 0.6) is 0 Å². The highest BCUT2D eigenvalue weighted by Crippen LogP contribution is 2.34. The molecule has 3 aromatic carbocycles. The van der Waals surface area contributed by atoms with Gasteiger partial charge in [0.25, 0.3) is 0 Å². The van der Waals surface area contributed by atoms with Crippen LogP contribution in [0.15, 0.2) is 104 Å². The Bertz CT molecular complexity index is 1910. The Balaban J connectivity index is -0.000000553. The molecule has 0 saturated heterocycles. The van der Waals surface area contributed by atoms with Gasteiger partial charge in [0.2, 0.25) is 0 Å². The van der Waals surface area contributed by atoms with Gasteiger partial charge in [0.05, 0.1) is 26.2 Å². The van der Waals surface area contributed by atoms with E-state index in [1.807, 2.05) is 43.3 Å². The van der Waals surface area contributed by atoms with Crippen molar-refractivity contribution >= 4 is 155 Å². The molecule has 1 atom stereocenters. The molecule has 0 amide bonds. The predicted octanol–water partition coefficient (Wildman–Crippen LogP) is 18.9. The Hall–Kier alpha value is -1.55. The van der Waals surface area contributed by atoms with Crippen LogP contribution in [0.4, 0.5) is 17.1 Å². The average Bonchev–Trinajstić information content (AvgIpc) is 2.59. The molecule has 0 aliphatic carbocycles. The largest absolute Gasteiger partial charge is 0.372 e. The van der Waals surface area contributed by atoms with E-state index in [0.29, 0.717) is 6.54 Å². The summed E-state index contributed by atoms with van der Waals surface area (Å²) in [6.07, 6.45) is 31.9. The Morgan fingerprint density at radius 3 is 1.19 bits per heavy atom. The Labute approximate surface area is 581 Å².